The van der Waals surface area contributed by atoms with Crippen LogP contribution >= 0.6 is 0 Å². The molecule has 1 atom stereocenters. The highest BCUT2D eigenvalue weighted by Gasteiger charge is 2.16. The summed E-state index contributed by atoms with van der Waals surface area (Å²) in [6, 6.07) is 7.85. The first-order valence-corrected chi connectivity index (χ1v) is 7.27. The smallest absolute Gasteiger partial charge is 0.258 e. The van der Waals surface area contributed by atoms with E-state index in [4.69, 9.17) is 9.47 Å². The number of para-hydroxylation sites is 1. The number of ether oxygens (including phenoxy) is 2. The molecule has 2 rings (SSSR count). The molecule has 0 aromatic heterocycles. The van der Waals surface area contributed by atoms with Crippen LogP contribution in [-0.2, 0) is 9.53 Å². The highest BCUT2D eigenvalue weighted by Crippen LogP contribution is 2.25. The zero-order valence-corrected chi connectivity index (χ0v) is 12.2. The molecular formula is C16H23NO3. The highest BCUT2D eigenvalue weighted by atomic mass is 16.5. The van der Waals surface area contributed by atoms with Crippen molar-refractivity contribution in [1.82, 2.24) is 5.32 Å². The number of amides is 1. The predicted molar refractivity (Wildman–Crippen MR) is 78.0 cm³/mol. The van der Waals surface area contributed by atoms with Crippen LogP contribution < -0.4 is 10.1 Å². The Morgan fingerprint density at radius 3 is 2.95 bits per heavy atom. The molecule has 1 unspecified atom stereocenters. The molecule has 4 heteroatoms. The molecule has 1 aromatic carbocycles. The van der Waals surface area contributed by atoms with E-state index in [1.54, 1.807) is 0 Å². The van der Waals surface area contributed by atoms with E-state index in [0.29, 0.717) is 12.5 Å². The largest absolute Gasteiger partial charge is 0.483 e. The van der Waals surface area contributed by atoms with Gasteiger partial charge in [-0.2, -0.15) is 0 Å². The van der Waals surface area contributed by atoms with Crippen molar-refractivity contribution in [3.63, 3.8) is 0 Å². The van der Waals surface area contributed by atoms with Gasteiger partial charge >= 0.3 is 0 Å². The van der Waals surface area contributed by atoms with Crippen LogP contribution in [0.1, 0.15) is 38.2 Å². The van der Waals surface area contributed by atoms with Crippen LogP contribution in [0.4, 0.5) is 0 Å². The summed E-state index contributed by atoms with van der Waals surface area (Å²) in [5, 5.41) is 2.85. The molecule has 1 heterocycles. The van der Waals surface area contributed by atoms with Crippen molar-refractivity contribution >= 4 is 5.91 Å². The Bertz CT molecular complexity index is 439. The molecule has 0 radical (unpaired) electrons. The van der Waals surface area contributed by atoms with Gasteiger partial charge in [0.1, 0.15) is 5.75 Å². The number of benzene rings is 1. The Kier molecular flexibility index (Phi) is 5.41. The Morgan fingerprint density at radius 2 is 2.25 bits per heavy atom. The Labute approximate surface area is 120 Å². The average Bonchev–Trinajstić information content (AvgIpc) is 2.96. The molecule has 1 fully saturated rings. The first-order valence-electron chi connectivity index (χ1n) is 7.27. The molecular weight excluding hydrogens is 254 g/mol. The monoisotopic (exact) mass is 277 g/mol. The summed E-state index contributed by atoms with van der Waals surface area (Å²) in [4.78, 5) is 11.8. The van der Waals surface area contributed by atoms with Crippen LogP contribution in [0.2, 0.25) is 0 Å². The van der Waals surface area contributed by atoms with E-state index in [-0.39, 0.29) is 18.6 Å². The van der Waals surface area contributed by atoms with Gasteiger partial charge in [-0.25, -0.2) is 0 Å². The van der Waals surface area contributed by atoms with E-state index in [1.807, 2.05) is 24.3 Å². The van der Waals surface area contributed by atoms with Crippen molar-refractivity contribution in [3.05, 3.63) is 29.8 Å². The number of carbonyl (C=O) groups excluding carboxylic acids is 1. The Hall–Kier alpha value is -1.55. The zero-order chi connectivity index (χ0) is 14.4. The molecule has 0 saturated carbocycles. The molecule has 20 heavy (non-hydrogen) atoms. The Balaban J connectivity index is 1.78. The van der Waals surface area contributed by atoms with Crippen LogP contribution in [0, 0.1) is 0 Å². The number of hydrogen-bond acceptors (Lipinski definition) is 3. The third-order valence-electron chi connectivity index (χ3n) is 3.45. The third-order valence-corrected chi connectivity index (χ3v) is 3.45. The maximum absolute atomic E-state index is 11.8. The standard InChI is InChI=1S/C16H23NO3/c1-12(2)14-7-3-4-8-15(14)20-11-16(18)17-10-13-6-5-9-19-13/h3-4,7-8,12-13H,5-6,9-11H2,1-2H3,(H,17,18). The minimum Gasteiger partial charge on any atom is -0.483 e. The second kappa shape index (κ2) is 7.29. The molecule has 1 N–H and O–H groups in total. The van der Waals surface area contributed by atoms with Crippen LogP contribution in [0.5, 0.6) is 5.75 Å². The van der Waals surface area contributed by atoms with E-state index in [0.717, 1.165) is 30.8 Å². The second-order valence-electron chi connectivity index (χ2n) is 5.42. The van der Waals surface area contributed by atoms with E-state index in [1.165, 1.54) is 0 Å². The Morgan fingerprint density at radius 1 is 1.45 bits per heavy atom. The van der Waals surface area contributed by atoms with Crippen molar-refractivity contribution < 1.29 is 14.3 Å². The normalized spacial score (nSPS) is 18.2. The molecule has 0 spiro atoms. The number of rotatable bonds is 6. The maximum atomic E-state index is 11.8. The number of hydrogen-bond donors (Lipinski definition) is 1. The molecule has 1 amide bonds. The van der Waals surface area contributed by atoms with Gasteiger partial charge in [-0.15, -0.1) is 0 Å². The first kappa shape index (κ1) is 14.9. The van der Waals surface area contributed by atoms with Crippen LogP contribution in [0.3, 0.4) is 0 Å². The van der Waals surface area contributed by atoms with Gasteiger partial charge in [0, 0.05) is 13.2 Å². The van der Waals surface area contributed by atoms with E-state index in [2.05, 4.69) is 19.2 Å². The summed E-state index contributed by atoms with van der Waals surface area (Å²) in [7, 11) is 0. The molecule has 1 saturated heterocycles. The molecule has 0 bridgehead atoms. The quantitative estimate of drug-likeness (QED) is 0.869. The van der Waals surface area contributed by atoms with Gasteiger partial charge < -0.3 is 14.8 Å². The third kappa shape index (κ3) is 4.23. The van der Waals surface area contributed by atoms with Gasteiger partial charge in [-0.05, 0) is 30.4 Å². The van der Waals surface area contributed by atoms with Gasteiger partial charge in [0.15, 0.2) is 6.61 Å². The van der Waals surface area contributed by atoms with Crippen LogP contribution in [0.15, 0.2) is 24.3 Å². The fourth-order valence-electron chi connectivity index (χ4n) is 2.32. The molecule has 1 aliphatic heterocycles. The van der Waals surface area contributed by atoms with Crippen molar-refractivity contribution in [1.29, 1.82) is 0 Å². The summed E-state index contributed by atoms with van der Waals surface area (Å²) >= 11 is 0. The van der Waals surface area contributed by atoms with E-state index in [9.17, 15) is 4.79 Å². The van der Waals surface area contributed by atoms with Gasteiger partial charge in [-0.3, -0.25) is 4.79 Å². The van der Waals surface area contributed by atoms with Crippen LogP contribution in [-0.4, -0.2) is 31.8 Å². The molecule has 1 aromatic rings. The van der Waals surface area contributed by atoms with Gasteiger partial charge in [0.2, 0.25) is 0 Å². The first-order chi connectivity index (χ1) is 9.66. The van der Waals surface area contributed by atoms with Crippen molar-refractivity contribution in [3.8, 4) is 5.75 Å². The maximum Gasteiger partial charge on any atom is 0.258 e. The number of nitrogens with one attached hydrogen (secondary N) is 1. The lowest BCUT2D eigenvalue weighted by Crippen LogP contribution is -2.35. The minimum atomic E-state index is -0.0981. The summed E-state index contributed by atoms with van der Waals surface area (Å²) in [6.45, 7) is 5.66. The fourth-order valence-corrected chi connectivity index (χ4v) is 2.32. The topological polar surface area (TPSA) is 47.6 Å². The summed E-state index contributed by atoms with van der Waals surface area (Å²) in [5.41, 5.74) is 1.12. The van der Waals surface area contributed by atoms with E-state index < -0.39 is 0 Å². The summed E-state index contributed by atoms with van der Waals surface area (Å²) in [6.07, 6.45) is 2.28. The fraction of sp³-hybridized carbons (Fsp3) is 0.562. The SMILES string of the molecule is CC(C)c1ccccc1OCC(=O)NCC1CCCO1. The summed E-state index contributed by atoms with van der Waals surface area (Å²) in [5.74, 6) is 1.06. The minimum absolute atomic E-state index is 0.0520. The predicted octanol–water partition coefficient (Wildman–Crippen LogP) is 2.48. The van der Waals surface area contributed by atoms with Crippen molar-refractivity contribution in [2.24, 2.45) is 0 Å². The summed E-state index contributed by atoms with van der Waals surface area (Å²) < 4.78 is 11.1. The van der Waals surface area contributed by atoms with Crippen molar-refractivity contribution in [2.75, 3.05) is 19.8 Å². The van der Waals surface area contributed by atoms with Crippen LogP contribution in [0.25, 0.3) is 0 Å². The zero-order valence-electron chi connectivity index (χ0n) is 12.2. The average molecular weight is 277 g/mol. The molecule has 110 valence electrons. The highest BCUT2D eigenvalue weighted by molar-refractivity contribution is 5.77. The second-order valence-corrected chi connectivity index (χ2v) is 5.42. The van der Waals surface area contributed by atoms with Crippen molar-refractivity contribution in [2.45, 2.75) is 38.7 Å². The molecule has 1 aliphatic rings. The van der Waals surface area contributed by atoms with E-state index >= 15 is 0 Å². The lowest BCUT2D eigenvalue weighted by atomic mass is 10.0. The molecule has 0 aliphatic carbocycles. The number of carbonyl (C=O) groups is 1. The van der Waals surface area contributed by atoms with Gasteiger partial charge in [0.05, 0.1) is 6.10 Å². The lowest BCUT2D eigenvalue weighted by molar-refractivity contribution is -0.123. The lowest BCUT2D eigenvalue weighted by Gasteiger charge is -2.14. The van der Waals surface area contributed by atoms with Gasteiger partial charge in [0.25, 0.3) is 5.91 Å². The van der Waals surface area contributed by atoms with Gasteiger partial charge in [-0.1, -0.05) is 32.0 Å². The molecule has 4 nitrogen and oxygen atoms in total.